The van der Waals surface area contributed by atoms with Gasteiger partial charge in [0.1, 0.15) is 6.54 Å². The number of aromatic nitrogens is 1. The smallest absolute Gasteiger partial charge is 0.323 e. The quantitative estimate of drug-likeness (QED) is 0.855. The van der Waals surface area contributed by atoms with Gasteiger partial charge in [0.2, 0.25) is 0 Å². The zero-order valence-corrected chi connectivity index (χ0v) is 12.0. The summed E-state index contributed by atoms with van der Waals surface area (Å²) in [7, 11) is 0. The van der Waals surface area contributed by atoms with Crippen LogP contribution in [0.2, 0.25) is 0 Å². The van der Waals surface area contributed by atoms with Crippen LogP contribution in [0.3, 0.4) is 0 Å². The Labute approximate surface area is 126 Å². The molecule has 6 nitrogen and oxygen atoms in total. The summed E-state index contributed by atoms with van der Waals surface area (Å²) < 4.78 is 0. The van der Waals surface area contributed by atoms with Crippen LogP contribution in [-0.2, 0) is 11.2 Å². The molecule has 1 heterocycles. The summed E-state index contributed by atoms with van der Waals surface area (Å²) in [6.45, 7) is 0.0259. The topological polar surface area (TPSA) is 82.5 Å². The molecule has 0 aliphatic heterocycles. The van der Waals surface area contributed by atoms with E-state index in [4.69, 9.17) is 5.11 Å². The van der Waals surface area contributed by atoms with Gasteiger partial charge < -0.3 is 10.4 Å². The van der Waals surface area contributed by atoms with E-state index in [9.17, 15) is 9.59 Å². The van der Waals surface area contributed by atoms with Crippen molar-refractivity contribution in [3.63, 3.8) is 0 Å². The number of benzene rings is 1. The number of para-hydroxylation sites is 1. The molecule has 21 heavy (non-hydrogen) atoms. The molecule has 2 N–H and O–H groups in total. The summed E-state index contributed by atoms with van der Waals surface area (Å²) in [6, 6.07) is 8.28. The molecular formula is C14H15N3O3S. The van der Waals surface area contributed by atoms with Crippen molar-refractivity contribution in [3.05, 3.63) is 46.9 Å². The number of carboxylic acid groups (broad SMARTS) is 1. The van der Waals surface area contributed by atoms with Gasteiger partial charge in [-0.05, 0) is 12.1 Å². The number of aliphatic carboxylic acids is 1. The molecule has 2 aromatic rings. The monoisotopic (exact) mass is 305 g/mol. The lowest BCUT2D eigenvalue weighted by Crippen LogP contribution is -2.43. The van der Waals surface area contributed by atoms with Crippen molar-refractivity contribution in [2.75, 3.05) is 18.0 Å². The van der Waals surface area contributed by atoms with Gasteiger partial charge in [-0.2, -0.15) is 0 Å². The van der Waals surface area contributed by atoms with Crippen molar-refractivity contribution in [1.29, 1.82) is 0 Å². The highest BCUT2D eigenvalue weighted by Crippen LogP contribution is 2.13. The molecule has 0 fully saturated rings. The molecule has 0 unspecified atom stereocenters. The molecule has 2 amide bonds. The summed E-state index contributed by atoms with van der Waals surface area (Å²) in [5.41, 5.74) is 3.19. The van der Waals surface area contributed by atoms with Gasteiger partial charge in [0.15, 0.2) is 0 Å². The summed E-state index contributed by atoms with van der Waals surface area (Å²) >= 11 is 1.50. The molecule has 0 atom stereocenters. The summed E-state index contributed by atoms with van der Waals surface area (Å²) in [5.74, 6) is -1.06. The highest BCUT2D eigenvalue weighted by molar-refractivity contribution is 7.07. The Morgan fingerprint density at radius 3 is 2.67 bits per heavy atom. The highest BCUT2D eigenvalue weighted by Gasteiger charge is 2.18. The van der Waals surface area contributed by atoms with Gasteiger partial charge in [-0.15, -0.1) is 11.3 Å². The van der Waals surface area contributed by atoms with E-state index >= 15 is 0 Å². The number of nitrogens with zero attached hydrogens (tertiary/aromatic N) is 2. The zero-order valence-electron chi connectivity index (χ0n) is 11.2. The molecule has 0 aliphatic carbocycles. The standard InChI is InChI=1S/C14H15N3O3S/c18-13(19)8-17(12-4-2-1-3-5-12)14(20)15-7-6-11-9-21-10-16-11/h1-5,9-10H,6-8H2,(H,15,20)(H,18,19). The maximum Gasteiger partial charge on any atom is 0.323 e. The Balaban J connectivity index is 1.96. The van der Waals surface area contributed by atoms with Crippen molar-refractivity contribution >= 4 is 29.0 Å². The van der Waals surface area contributed by atoms with Crippen LogP contribution in [-0.4, -0.2) is 35.2 Å². The second-order valence-electron chi connectivity index (χ2n) is 4.28. The summed E-state index contributed by atoms with van der Waals surface area (Å²) in [4.78, 5) is 28.4. The molecule has 0 bridgehead atoms. The van der Waals surface area contributed by atoms with Crippen LogP contribution in [0.25, 0.3) is 0 Å². The minimum Gasteiger partial charge on any atom is -0.480 e. The van der Waals surface area contributed by atoms with Crippen molar-refractivity contribution in [2.24, 2.45) is 0 Å². The largest absolute Gasteiger partial charge is 0.480 e. The molecule has 0 aliphatic rings. The lowest BCUT2D eigenvalue weighted by atomic mass is 10.3. The SMILES string of the molecule is O=C(O)CN(C(=O)NCCc1cscn1)c1ccccc1. The fraction of sp³-hybridized carbons (Fsp3) is 0.214. The Kier molecular flexibility index (Phi) is 5.28. The molecule has 0 radical (unpaired) electrons. The van der Waals surface area contributed by atoms with E-state index in [-0.39, 0.29) is 6.54 Å². The van der Waals surface area contributed by atoms with Gasteiger partial charge in [-0.1, -0.05) is 18.2 Å². The van der Waals surface area contributed by atoms with E-state index in [1.54, 1.807) is 29.8 Å². The van der Waals surface area contributed by atoms with Crippen LogP contribution in [0.4, 0.5) is 10.5 Å². The van der Waals surface area contributed by atoms with Crippen LogP contribution in [0.1, 0.15) is 5.69 Å². The minimum atomic E-state index is -1.06. The number of carbonyl (C=O) groups excluding carboxylic acids is 1. The third kappa shape index (κ3) is 4.57. The third-order valence-electron chi connectivity index (χ3n) is 2.75. The molecular weight excluding hydrogens is 290 g/mol. The van der Waals surface area contributed by atoms with Crippen LogP contribution >= 0.6 is 11.3 Å². The predicted octanol–water partition coefficient (Wildman–Crippen LogP) is 1.99. The average molecular weight is 305 g/mol. The number of thiazole rings is 1. The first kappa shape index (κ1) is 15.0. The normalized spacial score (nSPS) is 10.1. The maximum absolute atomic E-state index is 12.1. The lowest BCUT2D eigenvalue weighted by molar-refractivity contribution is -0.135. The first-order chi connectivity index (χ1) is 10.2. The number of carbonyl (C=O) groups is 2. The number of amides is 2. The fourth-order valence-corrected chi connectivity index (χ4v) is 2.37. The van der Waals surface area contributed by atoms with Crippen molar-refractivity contribution in [1.82, 2.24) is 10.3 Å². The summed E-state index contributed by atoms with van der Waals surface area (Å²) in [5, 5.41) is 13.6. The number of urea groups is 1. The van der Waals surface area contributed by atoms with E-state index in [2.05, 4.69) is 10.3 Å². The lowest BCUT2D eigenvalue weighted by Gasteiger charge is -2.21. The molecule has 0 saturated carbocycles. The Morgan fingerprint density at radius 1 is 1.29 bits per heavy atom. The zero-order chi connectivity index (χ0) is 15.1. The number of rotatable bonds is 6. The van der Waals surface area contributed by atoms with Crippen molar-refractivity contribution < 1.29 is 14.7 Å². The van der Waals surface area contributed by atoms with E-state index in [0.717, 1.165) is 5.69 Å². The second kappa shape index (κ2) is 7.39. The molecule has 1 aromatic carbocycles. The van der Waals surface area contributed by atoms with Crippen molar-refractivity contribution in [2.45, 2.75) is 6.42 Å². The maximum atomic E-state index is 12.1. The third-order valence-corrected chi connectivity index (χ3v) is 3.38. The minimum absolute atomic E-state index is 0.382. The van der Waals surface area contributed by atoms with Gasteiger partial charge in [0, 0.05) is 24.0 Å². The predicted molar refractivity (Wildman–Crippen MR) is 80.6 cm³/mol. The van der Waals surface area contributed by atoms with E-state index < -0.39 is 12.0 Å². The summed E-state index contributed by atoms with van der Waals surface area (Å²) in [6.07, 6.45) is 0.616. The number of nitrogens with one attached hydrogen (secondary N) is 1. The van der Waals surface area contributed by atoms with Crippen molar-refractivity contribution in [3.8, 4) is 0 Å². The average Bonchev–Trinajstić information content (AvgIpc) is 2.98. The highest BCUT2D eigenvalue weighted by atomic mass is 32.1. The van der Waals surface area contributed by atoms with Crippen LogP contribution in [0, 0.1) is 0 Å². The molecule has 0 saturated heterocycles. The number of hydrogen-bond acceptors (Lipinski definition) is 4. The van der Waals surface area contributed by atoms with Gasteiger partial charge in [-0.25, -0.2) is 9.78 Å². The number of anilines is 1. The van der Waals surface area contributed by atoms with E-state index in [0.29, 0.717) is 18.7 Å². The van der Waals surface area contributed by atoms with Crippen LogP contribution in [0.5, 0.6) is 0 Å². The molecule has 110 valence electrons. The Morgan fingerprint density at radius 2 is 2.05 bits per heavy atom. The molecule has 2 rings (SSSR count). The van der Waals surface area contributed by atoms with Gasteiger partial charge in [0.05, 0.1) is 11.2 Å². The Bertz CT molecular complexity index is 587. The van der Waals surface area contributed by atoms with E-state index in [1.807, 2.05) is 11.4 Å². The number of hydrogen-bond donors (Lipinski definition) is 2. The first-order valence-corrected chi connectivity index (χ1v) is 7.30. The van der Waals surface area contributed by atoms with Gasteiger partial charge >= 0.3 is 12.0 Å². The van der Waals surface area contributed by atoms with Gasteiger partial charge in [-0.3, -0.25) is 9.69 Å². The number of carboxylic acids is 1. The van der Waals surface area contributed by atoms with Gasteiger partial charge in [0.25, 0.3) is 0 Å². The molecule has 7 heteroatoms. The van der Waals surface area contributed by atoms with Crippen LogP contribution in [0.15, 0.2) is 41.2 Å². The molecule has 1 aromatic heterocycles. The first-order valence-electron chi connectivity index (χ1n) is 6.36. The molecule has 0 spiro atoms. The Hall–Kier alpha value is -2.41. The fourth-order valence-electron chi connectivity index (χ4n) is 1.78. The van der Waals surface area contributed by atoms with Crippen LogP contribution < -0.4 is 10.2 Å². The van der Waals surface area contributed by atoms with E-state index in [1.165, 1.54) is 16.2 Å². The second-order valence-corrected chi connectivity index (χ2v) is 5.00.